The van der Waals surface area contributed by atoms with Crippen LogP contribution in [-0.4, -0.2) is 51.2 Å². The molecule has 0 spiro atoms. The van der Waals surface area contributed by atoms with Crippen LogP contribution in [0.3, 0.4) is 0 Å². The number of amides is 2. The second-order valence-corrected chi connectivity index (χ2v) is 7.86. The van der Waals surface area contributed by atoms with E-state index in [-0.39, 0.29) is 36.2 Å². The van der Waals surface area contributed by atoms with Gasteiger partial charge in [0.1, 0.15) is 0 Å². The zero-order valence-electron chi connectivity index (χ0n) is 16.8. The van der Waals surface area contributed by atoms with E-state index < -0.39 is 0 Å². The van der Waals surface area contributed by atoms with Gasteiger partial charge in [-0.2, -0.15) is 0 Å². The van der Waals surface area contributed by atoms with Crippen molar-refractivity contribution in [2.24, 2.45) is 11.8 Å². The van der Waals surface area contributed by atoms with Gasteiger partial charge < -0.3 is 20.7 Å². The number of methoxy groups -OCH3 is 1. The summed E-state index contributed by atoms with van der Waals surface area (Å²) in [6, 6.07) is 0.255. The van der Waals surface area contributed by atoms with Gasteiger partial charge in [0.25, 0.3) is 0 Å². The van der Waals surface area contributed by atoms with E-state index in [1.807, 2.05) is 0 Å². The van der Waals surface area contributed by atoms with E-state index in [9.17, 15) is 9.59 Å². The van der Waals surface area contributed by atoms with Crippen LogP contribution in [0.15, 0.2) is 0 Å². The van der Waals surface area contributed by atoms with Crippen molar-refractivity contribution in [2.45, 2.75) is 70.3 Å². The minimum absolute atomic E-state index is 0. The summed E-state index contributed by atoms with van der Waals surface area (Å²) in [5.41, 5.74) is 0. The lowest BCUT2D eigenvalue weighted by Gasteiger charge is -2.29. The van der Waals surface area contributed by atoms with Crippen LogP contribution >= 0.6 is 12.4 Å². The molecule has 0 aromatic heterocycles. The van der Waals surface area contributed by atoms with Gasteiger partial charge in [0, 0.05) is 45.1 Å². The van der Waals surface area contributed by atoms with Gasteiger partial charge >= 0.3 is 0 Å². The number of hydrogen-bond acceptors (Lipinski definition) is 4. The Morgan fingerprint density at radius 3 is 2.30 bits per heavy atom. The molecule has 2 aliphatic rings. The smallest absolute Gasteiger partial charge is 0.223 e. The van der Waals surface area contributed by atoms with E-state index >= 15 is 0 Å². The lowest BCUT2D eigenvalue weighted by molar-refractivity contribution is -0.126. The lowest BCUT2D eigenvalue weighted by Crippen LogP contribution is -2.42. The molecule has 6 nitrogen and oxygen atoms in total. The average molecular weight is 404 g/mol. The maximum absolute atomic E-state index is 12.2. The molecule has 2 saturated carbocycles. The molecular formula is C20H38ClN3O3. The second-order valence-electron chi connectivity index (χ2n) is 7.86. The molecule has 0 aromatic carbocycles. The van der Waals surface area contributed by atoms with E-state index in [1.165, 1.54) is 32.1 Å². The number of ether oxygens (including phenoxy) is 1. The van der Waals surface area contributed by atoms with E-state index in [4.69, 9.17) is 4.74 Å². The van der Waals surface area contributed by atoms with E-state index in [0.717, 1.165) is 38.8 Å². The van der Waals surface area contributed by atoms with Crippen LogP contribution in [0.2, 0.25) is 0 Å². The first-order valence-electron chi connectivity index (χ1n) is 10.5. The summed E-state index contributed by atoms with van der Waals surface area (Å²) in [5, 5.41) is 9.43. The monoisotopic (exact) mass is 403 g/mol. The second kappa shape index (κ2) is 14.2. The molecule has 2 aliphatic carbocycles. The SMILES string of the molecule is COCCNCCNC(=O)C1CCC(NC(=O)CC2CCCCC2)CC1.Cl. The molecule has 0 saturated heterocycles. The summed E-state index contributed by atoms with van der Waals surface area (Å²) >= 11 is 0. The van der Waals surface area contributed by atoms with Gasteiger partial charge in [-0.05, 0) is 44.4 Å². The fourth-order valence-corrected chi connectivity index (χ4v) is 4.16. The van der Waals surface area contributed by atoms with Crippen LogP contribution < -0.4 is 16.0 Å². The zero-order valence-corrected chi connectivity index (χ0v) is 17.6. The van der Waals surface area contributed by atoms with Crippen LogP contribution in [0, 0.1) is 11.8 Å². The number of carbonyl (C=O) groups excluding carboxylic acids is 2. The van der Waals surface area contributed by atoms with Crippen molar-refractivity contribution in [1.82, 2.24) is 16.0 Å². The minimum Gasteiger partial charge on any atom is -0.383 e. The molecule has 0 unspecified atom stereocenters. The van der Waals surface area contributed by atoms with Crippen molar-refractivity contribution >= 4 is 24.2 Å². The van der Waals surface area contributed by atoms with Crippen molar-refractivity contribution in [3.8, 4) is 0 Å². The third kappa shape index (κ3) is 9.77. The van der Waals surface area contributed by atoms with Crippen molar-refractivity contribution in [1.29, 1.82) is 0 Å². The van der Waals surface area contributed by atoms with Crippen LogP contribution in [0.5, 0.6) is 0 Å². The van der Waals surface area contributed by atoms with Crippen molar-refractivity contribution < 1.29 is 14.3 Å². The molecule has 0 aliphatic heterocycles. The Morgan fingerprint density at radius 2 is 1.63 bits per heavy atom. The first-order valence-corrected chi connectivity index (χ1v) is 10.5. The predicted molar refractivity (Wildman–Crippen MR) is 110 cm³/mol. The first kappa shape index (κ1) is 24.2. The standard InChI is InChI=1S/C20H37N3O3.ClH/c1-26-14-13-21-11-12-22-20(25)17-7-9-18(10-8-17)23-19(24)15-16-5-3-2-4-6-16;/h16-18,21H,2-15H2,1H3,(H,22,25)(H,23,24);1H. The van der Waals surface area contributed by atoms with E-state index in [2.05, 4.69) is 16.0 Å². The molecule has 0 bridgehead atoms. The van der Waals surface area contributed by atoms with Crippen LogP contribution in [0.25, 0.3) is 0 Å². The number of hydrogen-bond donors (Lipinski definition) is 3. The molecule has 2 rings (SSSR count). The van der Waals surface area contributed by atoms with Crippen LogP contribution in [-0.2, 0) is 14.3 Å². The molecule has 3 N–H and O–H groups in total. The molecule has 7 heteroatoms. The molecule has 158 valence electrons. The summed E-state index contributed by atoms with van der Waals surface area (Å²) in [7, 11) is 1.68. The van der Waals surface area contributed by atoms with E-state index in [1.54, 1.807) is 7.11 Å². The third-order valence-corrected chi connectivity index (χ3v) is 5.75. The first-order chi connectivity index (χ1) is 12.7. The normalized spacial score (nSPS) is 23.3. The number of halogens is 1. The van der Waals surface area contributed by atoms with E-state index in [0.29, 0.717) is 25.5 Å². The van der Waals surface area contributed by atoms with Crippen molar-refractivity contribution in [3.63, 3.8) is 0 Å². The van der Waals surface area contributed by atoms with Gasteiger partial charge in [0.05, 0.1) is 6.61 Å². The van der Waals surface area contributed by atoms with Gasteiger partial charge in [0.2, 0.25) is 11.8 Å². The zero-order chi connectivity index (χ0) is 18.6. The molecule has 0 atom stereocenters. The topological polar surface area (TPSA) is 79.5 Å². The predicted octanol–water partition coefficient (Wildman–Crippen LogP) is 2.41. The highest BCUT2D eigenvalue weighted by Crippen LogP contribution is 2.27. The average Bonchev–Trinajstić information content (AvgIpc) is 2.65. The number of rotatable bonds is 10. The summed E-state index contributed by atoms with van der Waals surface area (Å²) in [6.45, 7) is 2.91. The summed E-state index contributed by atoms with van der Waals surface area (Å²) in [5.74, 6) is 1.06. The molecule has 0 radical (unpaired) electrons. The number of nitrogens with one attached hydrogen (secondary N) is 3. The fourth-order valence-electron chi connectivity index (χ4n) is 4.16. The Bertz CT molecular complexity index is 423. The lowest BCUT2D eigenvalue weighted by atomic mass is 9.84. The minimum atomic E-state index is 0. The van der Waals surface area contributed by atoms with Gasteiger partial charge in [-0.1, -0.05) is 19.3 Å². The molecule has 0 aromatic rings. The van der Waals surface area contributed by atoms with Crippen LogP contribution in [0.4, 0.5) is 0 Å². The maximum atomic E-state index is 12.2. The van der Waals surface area contributed by atoms with Gasteiger partial charge in [-0.3, -0.25) is 9.59 Å². The Kier molecular flexibility index (Phi) is 12.7. The Balaban J connectivity index is 0.00000364. The highest BCUT2D eigenvalue weighted by molar-refractivity contribution is 5.85. The summed E-state index contributed by atoms with van der Waals surface area (Å²) in [6.07, 6.45) is 10.6. The molecule has 2 amide bonds. The van der Waals surface area contributed by atoms with Gasteiger partial charge in [-0.15, -0.1) is 12.4 Å². The molecular weight excluding hydrogens is 366 g/mol. The van der Waals surface area contributed by atoms with Crippen LogP contribution in [0.1, 0.15) is 64.2 Å². The van der Waals surface area contributed by atoms with Gasteiger partial charge in [0.15, 0.2) is 0 Å². The fraction of sp³-hybridized carbons (Fsp3) is 0.900. The van der Waals surface area contributed by atoms with Crippen molar-refractivity contribution in [2.75, 3.05) is 33.4 Å². The molecule has 0 heterocycles. The highest BCUT2D eigenvalue weighted by atomic mass is 35.5. The Labute approximate surface area is 170 Å². The summed E-state index contributed by atoms with van der Waals surface area (Å²) < 4.78 is 4.96. The molecule has 2 fully saturated rings. The highest BCUT2D eigenvalue weighted by Gasteiger charge is 2.27. The van der Waals surface area contributed by atoms with Crippen molar-refractivity contribution in [3.05, 3.63) is 0 Å². The third-order valence-electron chi connectivity index (χ3n) is 5.75. The number of carbonyl (C=O) groups is 2. The largest absolute Gasteiger partial charge is 0.383 e. The Hall–Kier alpha value is -0.850. The summed E-state index contributed by atoms with van der Waals surface area (Å²) in [4.78, 5) is 24.5. The van der Waals surface area contributed by atoms with Gasteiger partial charge in [-0.25, -0.2) is 0 Å². The molecule has 27 heavy (non-hydrogen) atoms. The maximum Gasteiger partial charge on any atom is 0.223 e. The quantitative estimate of drug-likeness (QED) is 0.489. The Morgan fingerprint density at radius 1 is 0.926 bits per heavy atom.